The van der Waals surface area contributed by atoms with Crippen LogP contribution < -0.4 is 4.74 Å². The highest BCUT2D eigenvalue weighted by Gasteiger charge is 2.08. The Kier molecular flexibility index (Phi) is 3.28. The molecule has 0 bridgehead atoms. The van der Waals surface area contributed by atoms with Crippen molar-refractivity contribution in [1.82, 2.24) is 9.97 Å². The zero-order valence-electron chi connectivity index (χ0n) is 12.3. The number of hydrogen-bond donors (Lipinski definition) is 0. The average molecular weight is 320 g/mol. The first kappa shape index (κ1) is 13.8. The Morgan fingerprint density at radius 3 is 2.74 bits per heavy atom. The summed E-state index contributed by atoms with van der Waals surface area (Å²) in [5.74, 6) is 1.33. The lowest BCUT2D eigenvalue weighted by Crippen LogP contribution is -1.92. The van der Waals surface area contributed by atoms with Crippen molar-refractivity contribution in [2.75, 3.05) is 0 Å². The highest BCUT2D eigenvalue weighted by atomic mass is 32.1. The lowest BCUT2D eigenvalue weighted by Gasteiger charge is -2.07. The molecule has 4 nitrogen and oxygen atoms in total. The van der Waals surface area contributed by atoms with Gasteiger partial charge in [-0.2, -0.15) is 0 Å². The SMILES string of the molecule is CC(=O)c1ccc2cc(Oc3ncnc4ccsc34)ccc2c1. The standard InChI is InChI=1S/C18H12N2O2S/c1-11(21)12-2-3-14-9-15(5-4-13(14)8-12)22-18-17-16(6-7-23-17)19-10-20-18/h2-10H,1H3. The molecule has 4 rings (SSSR count). The largest absolute Gasteiger partial charge is 0.437 e. The Balaban J connectivity index is 1.73. The molecule has 0 N–H and O–H groups in total. The van der Waals surface area contributed by atoms with Crippen LogP contribution in [0, 0.1) is 0 Å². The van der Waals surface area contributed by atoms with Gasteiger partial charge in [-0.1, -0.05) is 18.2 Å². The third-order valence-corrected chi connectivity index (χ3v) is 4.53. The number of ether oxygens (including phenoxy) is 1. The summed E-state index contributed by atoms with van der Waals surface area (Å²) < 4.78 is 6.86. The molecule has 0 aliphatic rings. The van der Waals surface area contributed by atoms with Gasteiger partial charge in [-0.15, -0.1) is 11.3 Å². The number of aromatic nitrogens is 2. The molecule has 112 valence electrons. The Hall–Kier alpha value is -2.79. The summed E-state index contributed by atoms with van der Waals surface area (Å²) in [4.78, 5) is 19.9. The number of thiophene rings is 1. The van der Waals surface area contributed by atoms with Crippen molar-refractivity contribution >= 4 is 38.1 Å². The van der Waals surface area contributed by atoms with Crippen LogP contribution in [0.25, 0.3) is 21.0 Å². The fraction of sp³-hybridized carbons (Fsp3) is 0.0556. The molecular weight excluding hydrogens is 308 g/mol. The summed E-state index contributed by atoms with van der Waals surface area (Å²) in [6.45, 7) is 1.57. The summed E-state index contributed by atoms with van der Waals surface area (Å²) in [5, 5.41) is 3.99. The molecule has 0 aliphatic heterocycles. The van der Waals surface area contributed by atoms with E-state index in [1.54, 1.807) is 18.3 Å². The van der Waals surface area contributed by atoms with Crippen LogP contribution in [0.1, 0.15) is 17.3 Å². The van der Waals surface area contributed by atoms with Gasteiger partial charge < -0.3 is 4.74 Å². The fourth-order valence-corrected chi connectivity index (χ4v) is 3.23. The van der Waals surface area contributed by atoms with Crippen LogP contribution in [0.3, 0.4) is 0 Å². The highest BCUT2D eigenvalue weighted by molar-refractivity contribution is 7.17. The Bertz CT molecular complexity index is 1040. The second-order valence-electron chi connectivity index (χ2n) is 5.20. The van der Waals surface area contributed by atoms with E-state index in [4.69, 9.17) is 4.74 Å². The minimum atomic E-state index is 0.0632. The maximum Gasteiger partial charge on any atom is 0.240 e. The van der Waals surface area contributed by atoms with Gasteiger partial charge in [0.05, 0.1) is 5.52 Å². The van der Waals surface area contributed by atoms with Crippen molar-refractivity contribution in [3.8, 4) is 11.6 Å². The predicted molar refractivity (Wildman–Crippen MR) is 91.4 cm³/mol. The molecule has 0 fully saturated rings. The lowest BCUT2D eigenvalue weighted by molar-refractivity contribution is 0.101. The van der Waals surface area contributed by atoms with Gasteiger partial charge in [0.25, 0.3) is 0 Å². The van der Waals surface area contributed by atoms with Gasteiger partial charge in [0.2, 0.25) is 5.88 Å². The second kappa shape index (κ2) is 5.44. The molecule has 0 saturated heterocycles. The van der Waals surface area contributed by atoms with E-state index >= 15 is 0 Å². The van der Waals surface area contributed by atoms with E-state index in [-0.39, 0.29) is 5.78 Å². The summed E-state index contributed by atoms with van der Waals surface area (Å²) in [7, 11) is 0. The molecule has 0 unspecified atom stereocenters. The van der Waals surface area contributed by atoms with E-state index in [1.165, 1.54) is 6.33 Å². The first-order valence-electron chi connectivity index (χ1n) is 7.11. The molecule has 0 saturated carbocycles. The summed E-state index contributed by atoms with van der Waals surface area (Å²) in [5.41, 5.74) is 1.59. The van der Waals surface area contributed by atoms with Crippen LogP contribution in [-0.2, 0) is 0 Å². The van der Waals surface area contributed by atoms with Gasteiger partial charge in [-0.05, 0) is 47.3 Å². The summed E-state index contributed by atoms with van der Waals surface area (Å²) >= 11 is 1.55. The third-order valence-electron chi connectivity index (χ3n) is 3.64. The van der Waals surface area contributed by atoms with E-state index in [9.17, 15) is 4.79 Å². The molecule has 5 heteroatoms. The molecule has 0 amide bonds. The van der Waals surface area contributed by atoms with Crippen molar-refractivity contribution in [3.05, 3.63) is 59.7 Å². The van der Waals surface area contributed by atoms with Crippen molar-refractivity contribution in [3.63, 3.8) is 0 Å². The van der Waals surface area contributed by atoms with Gasteiger partial charge in [0, 0.05) is 5.56 Å². The normalized spacial score (nSPS) is 11.0. The Morgan fingerprint density at radius 1 is 1.04 bits per heavy atom. The Morgan fingerprint density at radius 2 is 1.87 bits per heavy atom. The van der Waals surface area contributed by atoms with Crippen LogP contribution >= 0.6 is 11.3 Å². The molecule has 0 aliphatic carbocycles. The van der Waals surface area contributed by atoms with Gasteiger partial charge in [-0.25, -0.2) is 9.97 Å². The van der Waals surface area contributed by atoms with E-state index in [0.29, 0.717) is 17.2 Å². The zero-order valence-corrected chi connectivity index (χ0v) is 13.1. The number of rotatable bonds is 3. The van der Waals surface area contributed by atoms with E-state index in [1.807, 2.05) is 47.8 Å². The van der Waals surface area contributed by atoms with Gasteiger partial charge in [0.1, 0.15) is 16.8 Å². The monoisotopic (exact) mass is 320 g/mol. The average Bonchev–Trinajstić information content (AvgIpc) is 3.04. The van der Waals surface area contributed by atoms with E-state index in [0.717, 1.165) is 21.0 Å². The second-order valence-corrected chi connectivity index (χ2v) is 6.11. The minimum Gasteiger partial charge on any atom is -0.437 e. The van der Waals surface area contributed by atoms with Crippen LogP contribution in [0.5, 0.6) is 11.6 Å². The van der Waals surface area contributed by atoms with Crippen molar-refractivity contribution in [1.29, 1.82) is 0 Å². The first-order valence-corrected chi connectivity index (χ1v) is 7.99. The first-order chi connectivity index (χ1) is 11.2. The molecule has 23 heavy (non-hydrogen) atoms. The minimum absolute atomic E-state index is 0.0632. The van der Waals surface area contributed by atoms with Crippen LogP contribution in [0.4, 0.5) is 0 Å². The van der Waals surface area contributed by atoms with Gasteiger partial charge >= 0.3 is 0 Å². The predicted octanol–water partition coefficient (Wildman–Crippen LogP) is 4.84. The number of nitrogens with zero attached hydrogens (tertiary/aromatic N) is 2. The molecule has 0 atom stereocenters. The number of hydrogen-bond acceptors (Lipinski definition) is 5. The number of fused-ring (bicyclic) bond motifs is 2. The van der Waals surface area contributed by atoms with Crippen molar-refractivity contribution < 1.29 is 9.53 Å². The molecule has 0 radical (unpaired) electrons. The molecule has 2 heterocycles. The lowest BCUT2D eigenvalue weighted by atomic mass is 10.0. The smallest absolute Gasteiger partial charge is 0.240 e. The van der Waals surface area contributed by atoms with Crippen molar-refractivity contribution in [2.45, 2.75) is 6.92 Å². The van der Waals surface area contributed by atoms with Crippen LogP contribution in [-0.4, -0.2) is 15.8 Å². The molecule has 4 aromatic rings. The van der Waals surface area contributed by atoms with Gasteiger partial charge in [0.15, 0.2) is 5.78 Å². The summed E-state index contributed by atoms with van der Waals surface area (Å²) in [6, 6.07) is 13.4. The van der Waals surface area contributed by atoms with Crippen LogP contribution in [0.15, 0.2) is 54.2 Å². The molecule has 2 aromatic heterocycles. The maximum absolute atomic E-state index is 11.5. The Labute approximate surface area is 136 Å². The topological polar surface area (TPSA) is 52.1 Å². The number of ketones is 1. The fourth-order valence-electron chi connectivity index (χ4n) is 2.46. The zero-order chi connectivity index (χ0) is 15.8. The quantitative estimate of drug-likeness (QED) is 0.507. The summed E-state index contributed by atoms with van der Waals surface area (Å²) in [6.07, 6.45) is 1.50. The van der Waals surface area contributed by atoms with Gasteiger partial charge in [-0.3, -0.25) is 4.79 Å². The highest BCUT2D eigenvalue weighted by Crippen LogP contribution is 2.31. The maximum atomic E-state index is 11.5. The van der Waals surface area contributed by atoms with E-state index < -0.39 is 0 Å². The van der Waals surface area contributed by atoms with Crippen molar-refractivity contribution in [2.24, 2.45) is 0 Å². The van der Waals surface area contributed by atoms with E-state index in [2.05, 4.69) is 9.97 Å². The number of Topliss-reactive ketones (excluding diaryl/α,β-unsaturated/α-hetero) is 1. The number of benzene rings is 2. The molecule has 2 aromatic carbocycles. The molecule has 0 spiro atoms. The third kappa shape index (κ3) is 2.55. The number of carbonyl (C=O) groups excluding carboxylic acids is 1. The van der Waals surface area contributed by atoms with Crippen LogP contribution in [0.2, 0.25) is 0 Å². The molecular formula is C18H12N2O2S. The number of carbonyl (C=O) groups is 1.